The smallest absolute Gasteiger partial charge is 0.253 e. The van der Waals surface area contributed by atoms with Crippen LogP contribution in [0.2, 0.25) is 0 Å². The van der Waals surface area contributed by atoms with Gasteiger partial charge < -0.3 is 19.6 Å². The van der Waals surface area contributed by atoms with Crippen LogP contribution < -0.4 is 9.80 Å². The molecule has 2 heterocycles. The van der Waals surface area contributed by atoms with Gasteiger partial charge in [-0.2, -0.15) is 0 Å². The topological polar surface area (TPSA) is 60.0 Å². The van der Waals surface area contributed by atoms with Crippen molar-refractivity contribution in [3.63, 3.8) is 0 Å². The molecule has 2 amide bonds. The van der Waals surface area contributed by atoms with E-state index in [-0.39, 0.29) is 23.9 Å². The van der Waals surface area contributed by atoms with E-state index in [2.05, 4.69) is 34.1 Å². The molecule has 3 aliphatic rings. The van der Waals surface area contributed by atoms with E-state index in [4.69, 9.17) is 0 Å². The van der Waals surface area contributed by atoms with Crippen LogP contribution >= 0.6 is 0 Å². The van der Waals surface area contributed by atoms with Crippen molar-refractivity contribution in [2.45, 2.75) is 76.3 Å². The van der Waals surface area contributed by atoms with Crippen LogP contribution in [0, 0.1) is 5.92 Å². The van der Waals surface area contributed by atoms with Crippen LogP contribution in [0.25, 0.3) is 0 Å². The number of hydrogen-bond donors (Lipinski definition) is 0. The Kier molecular flexibility index (Phi) is 8.43. The Balaban J connectivity index is 1.20. The molecule has 1 aliphatic heterocycles. The van der Waals surface area contributed by atoms with E-state index in [1.165, 1.54) is 36.9 Å². The Morgan fingerprint density at radius 1 is 0.923 bits per heavy atom. The molecular formula is C32H45N5O2. The van der Waals surface area contributed by atoms with E-state index in [9.17, 15) is 9.59 Å². The average Bonchev–Trinajstić information content (AvgIpc) is 3.64. The second-order valence-electron chi connectivity index (χ2n) is 12.1. The van der Waals surface area contributed by atoms with Gasteiger partial charge in [0.2, 0.25) is 5.91 Å². The van der Waals surface area contributed by atoms with E-state index in [1.54, 1.807) is 0 Å². The molecule has 1 aromatic heterocycles. The molecule has 7 heteroatoms. The number of anilines is 2. The summed E-state index contributed by atoms with van der Waals surface area (Å²) in [7, 11) is 7.92. The predicted octanol–water partition coefficient (Wildman–Crippen LogP) is 5.30. The van der Waals surface area contributed by atoms with Gasteiger partial charge in [0.15, 0.2) is 0 Å². The van der Waals surface area contributed by atoms with Crippen LogP contribution in [0.5, 0.6) is 0 Å². The van der Waals surface area contributed by atoms with Gasteiger partial charge in [-0.3, -0.25) is 9.59 Å². The second kappa shape index (κ2) is 12.0. The molecule has 0 radical (unpaired) electrons. The zero-order chi connectivity index (χ0) is 27.5. The van der Waals surface area contributed by atoms with E-state index < -0.39 is 0 Å². The molecule has 1 atom stereocenters. The van der Waals surface area contributed by atoms with Gasteiger partial charge in [0.05, 0.1) is 6.04 Å². The molecule has 39 heavy (non-hydrogen) atoms. The van der Waals surface area contributed by atoms with Gasteiger partial charge in [-0.25, -0.2) is 4.98 Å². The predicted molar refractivity (Wildman–Crippen MR) is 157 cm³/mol. The van der Waals surface area contributed by atoms with E-state index >= 15 is 0 Å². The van der Waals surface area contributed by atoms with E-state index in [0.29, 0.717) is 6.42 Å². The highest BCUT2D eigenvalue weighted by atomic mass is 16.2. The number of piperidine rings is 1. The Hall–Kier alpha value is -3.09. The van der Waals surface area contributed by atoms with Crippen molar-refractivity contribution in [3.05, 3.63) is 53.2 Å². The van der Waals surface area contributed by atoms with Crippen LogP contribution in [0.15, 0.2) is 36.5 Å². The highest BCUT2D eigenvalue weighted by Gasteiger charge is 2.31. The van der Waals surface area contributed by atoms with Crippen LogP contribution in [0.4, 0.5) is 11.5 Å². The van der Waals surface area contributed by atoms with Gasteiger partial charge in [0.1, 0.15) is 5.82 Å². The number of rotatable bonds is 8. The fraction of sp³-hybridized carbons (Fsp3) is 0.594. The maximum atomic E-state index is 13.6. The van der Waals surface area contributed by atoms with Crippen molar-refractivity contribution in [1.82, 2.24) is 14.8 Å². The normalized spacial score (nSPS) is 19.7. The Morgan fingerprint density at radius 3 is 2.38 bits per heavy atom. The lowest BCUT2D eigenvalue weighted by molar-refractivity contribution is -0.132. The fourth-order valence-electron chi connectivity index (χ4n) is 6.82. The Morgan fingerprint density at radius 2 is 1.67 bits per heavy atom. The number of benzene rings is 1. The van der Waals surface area contributed by atoms with Crippen LogP contribution in [-0.4, -0.2) is 73.9 Å². The quantitative estimate of drug-likeness (QED) is 0.462. The molecule has 0 bridgehead atoms. The molecule has 2 aromatic rings. The summed E-state index contributed by atoms with van der Waals surface area (Å²) in [6, 6.07) is 10.7. The Bertz CT molecular complexity index is 1170. The summed E-state index contributed by atoms with van der Waals surface area (Å²) in [4.78, 5) is 39.4. The molecule has 0 unspecified atom stereocenters. The van der Waals surface area contributed by atoms with Crippen molar-refractivity contribution in [1.29, 1.82) is 0 Å². The van der Waals surface area contributed by atoms with Crippen molar-refractivity contribution in [2.24, 2.45) is 5.92 Å². The monoisotopic (exact) mass is 531 g/mol. The first-order chi connectivity index (χ1) is 18.8. The van der Waals surface area contributed by atoms with Crippen molar-refractivity contribution < 1.29 is 9.59 Å². The summed E-state index contributed by atoms with van der Waals surface area (Å²) in [5, 5.41) is 0. The number of hydrogen-bond acceptors (Lipinski definition) is 5. The SMILES string of the molecule is CN(C)c1cc(N2CCC(N(C)C(=O)c3ccc4c(c3)[C@H](N(C)C(=O)CCC3CCCC3)CC4)CC2)ccn1. The third-order valence-electron chi connectivity index (χ3n) is 9.43. The lowest BCUT2D eigenvalue weighted by atomic mass is 9.99. The number of pyridine rings is 1. The zero-order valence-electron chi connectivity index (χ0n) is 24.2. The van der Waals surface area contributed by atoms with E-state index in [0.717, 1.165) is 68.1 Å². The van der Waals surface area contributed by atoms with Gasteiger partial charge >= 0.3 is 0 Å². The molecular weight excluding hydrogens is 486 g/mol. The second-order valence-corrected chi connectivity index (χ2v) is 12.1. The van der Waals surface area contributed by atoms with Gasteiger partial charge in [-0.1, -0.05) is 31.7 Å². The number of amides is 2. The summed E-state index contributed by atoms with van der Waals surface area (Å²) in [5.41, 5.74) is 4.36. The lowest BCUT2D eigenvalue weighted by Crippen LogP contribution is -2.45. The summed E-state index contributed by atoms with van der Waals surface area (Å²) >= 11 is 0. The van der Waals surface area contributed by atoms with E-state index in [1.807, 2.05) is 55.2 Å². The first-order valence-electron chi connectivity index (χ1n) is 14.9. The third kappa shape index (κ3) is 6.07. The largest absolute Gasteiger partial charge is 0.371 e. The molecule has 0 spiro atoms. The minimum atomic E-state index is 0.0739. The number of aromatic nitrogens is 1. The summed E-state index contributed by atoms with van der Waals surface area (Å²) in [6.07, 6.45) is 12.5. The highest BCUT2D eigenvalue weighted by molar-refractivity contribution is 5.94. The molecule has 5 rings (SSSR count). The fourth-order valence-corrected chi connectivity index (χ4v) is 6.82. The summed E-state index contributed by atoms with van der Waals surface area (Å²) < 4.78 is 0. The minimum absolute atomic E-state index is 0.0739. The highest BCUT2D eigenvalue weighted by Crippen LogP contribution is 2.37. The zero-order valence-corrected chi connectivity index (χ0v) is 24.2. The number of aryl methyl sites for hydroxylation is 1. The van der Waals surface area contributed by atoms with Crippen LogP contribution in [0.1, 0.15) is 85.3 Å². The minimum Gasteiger partial charge on any atom is -0.371 e. The van der Waals surface area contributed by atoms with Gasteiger partial charge in [-0.15, -0.1) is 0 Å². The van der Waals surface area contributed by atoms with Crippen LogP contribution in [0.3, 0.4) is 0 Å². The number of fused-ring (bicyclic) bond motifs is 1. The maximum absolute atomic E-state index is 13.6. The molecule has 210 valence electrons. The number of carbonyl (C=O) groups excluding carboxylic acids is 2. The van der Waals surface area contributed by atoms with Gasteiger partial charge in [0.25, 0.3) is 5.91 Å². The Labute approximate surface area is 234 Å². The molecule has 7 nitrogen and oxygen atoms in total. The molecule has 1 saturated heterocycles. The molecule has 1 saturated carbocycles. The summed E-state index contributed by atoms with van der Waals surface area (Å²) in [6.45, 7) is 1.83. The van der Waals surface area contributed by atoms with Gasteiger partial charge in [0, 0.05) is 77.3 Å². The van der Waals surface area contributed by atoms with Crippen LogP contribution in [-0.2, 0) is 11.2 Å². The number of carbonyl (C=O) groups is 2. The molecule has 2 fully saturated rings. The standard InChI is InChI=1S/C32H45N5O2/c1-34(2)30-22-27(15-18-33-30)37-19-16-26(17-20-37)35(3)32(39)25-11-10-24-12-13-29(28(24)21-25)36(4)31(38)14-9-23-7-5-6-8-23/h10-11,15,18,21-23,26,29H,5-9,12-14,16-17,19-20H2,1-4H3/t29-/m1/s1. The maximum Gasteiger partial charge on any atom is 0.253 e. The molecule has 2 aliphatic carbocycles. The molecule has 0 N–H and O–H groups in total. The average molecular weight is 532 g/mol. The van der Waals surface area contributed by atoms with Crippen molar-refractivity contribution >= 4 is 23.3 Å². The number of nitrogens with zero attached hydrogens (tertiary/aromatic N) is 5. The van der Waals surface area contributed by atoms with Gasteiger partial charge in [-0.05, 0) is 67.3 Å². The third-order valence-corrected chi connectivity index (χ3v) is 9.43. The van der Waals surface area contributed by atoms with Crippen molar-refractivity contribution in [3.8, 4) is 0 Å². The first kappa shape index (κ1) is 27.5. The summed E-state index contributed by atoms with van der Waals surface area (Å²) in [5.74, 6) is 2.01. The lowest BCUT2D eigenvalue weighted by Gasteiger charge is -2.38. The molecule has 1 aromatic carbocycles. The van der Waals surface area contributed by atoms with Crippen molar-refractivity contribution in [2.75, 3.05) is 51.1 Å². The first-order valence-corrected chi connectivity index (χ1v) is 14.9.